The van der Waals surface area contributed by atoms with Crippen LogP contribution in [-0.2, 0) is 29.6 Å². The van der Waals surface area contributed by atoms with Crippen molar-refractivity contribution in [2.45, 2.75) is 43.3 Å². The second-order valence-corrected chi connectivity index (χ2v) is 11.7. The molecule has 32 heavy (non-hydrogen) atoms. The van der Waals surface area contributed by atoms with Gasteiger partial charge in [0.1, 0.15) is 0 Å². The van der Waals surface area contributed by atoms with Gasteiger partial charge in [-0.1, -0.05) is 47.6 Å². The number of hydrogen-bond acceptors (Lipinski definition) is 13. The molecule has 0 fully saturated rings. The first-order valence-electron chi connectivity index (χ1n) is 9.07. The van der Waals surface area contributed by atoms with Crippen LogP contribution in [-0.4, -0.2) is 73.6 Å². The highest BCUT2D eigenvalue weighted by Crippen LogP contribution is 2.23. The quantitative estimate of drug-likeness (QED) is 0.379. The normalized spacial score (nSPS) is 11.6. The molecule has 14 nitrogen and oxygen atoms in total. The predicted octanol–water partition coefficient (Wildman–Crippen LogP) is 0.322. The van der Waals surface area contributed by atoms with Crippen molar-refractivity contribution >= 4 is 64.8 Å². The standard InChI is InChI=1S/C8H9N7O6S4.C6H15N/c1-3(16)9-5-11-13-7(22-5)24(18,19)15-25(20,21)8-14-12-6(23-8)10-4(2)17;1-4-7(5-2)6-3/h15H,1-2H3,(H,9,11,16)(H,10,12,17);4-6H2,1-3H3. The van der Waals surface area contributed by atoms with Crippen LogP contribution in [0.5, 0.6) is 0 Å². The summed E-state index contributed by atoms with van der Waals surface area (Å²) in [6.45, 7) is 12.5. The van der Waals surface area contributed by atoms with Crippen LogP contribution < -0.4 is 14.8 Å². The van der Waals surface area contributed by atoms with Crippen molar-refractivity contribution in [1.29, 1.82) is 0 Å². The van der Waals surface area contributed by atoms with Crippen LogP contribution in [0.25, 0.3) is 0 Å². The maximum Gasteiger partial charge on any atom is 0.283 e. The van der Waals surface area contributed by atoms with Gasteiger partial charge in [0.15, 0.2) is 0 Å². The van der Waals surface area contributed by atoms with Gasteiger partial charge in [-0.15, -0.1) is 20.4 Å². The van der Waals surface area contributed by atoms with Gasteiger partial charge >= 0.3 is 0 Å². The van der Waals surface area contributed by atoms with Crippen LogP contribution in [0.15, 0.2) is 8.68 Å². The third-order valence-electron chi connectivity index (χ3n) is 3.40. The van der Waals surface area contributed by atoms with Gasteiger partial charge in [-0.05, 0) is 19.6 Å². The summed E-state index contributed by atoms with van der Waals surface area (Å²) >= 11 is 0.918. The van der Waals surface area contributed by atoms with E-state index in [2.05, 4.69) is 56.7 Å². The molecule has 2 aromatic rings. The summed E-state index contributed by atoms with van der Waals surface area (Å²) in [5, 5.41) is 17.7. The van der Waals surface area contributed by atoms with E-state index >= 15 is 0 Å². The first kappa shape index (κ1) is 27.9. The summed E-state index contributed by atoms with van der Waals surface area (Å²) in [5.74, 6) is -1.000. The minimum absolute atomic E-state index is 0.117. The van der Waals surface area contributed by atoms with Gasteiger partial charge in [-0.25, -0.2) is 16.8 Å². The number of carbonyl (C=O) groups is 2. The summed E-state index contributed by atoms with van der Waals surface area (Å²) in [6.07, 6.45) is 0. The van der Waals surface area contributed by atoms with E-state index in [1.165, 1.54) is 37.6 Å². The Kier molecular flexibility index (Phi) is 10.6. The highest BCUT2D eigenvalue weighted by Gasteiger charge is 2.31. The molecular weight excluding hydrogens is 504 g/mol. The van der Waals surface area contributed by atoms with Gasteiger partial charge < -0.3 is 15.5 Å². The second-order valence-electron chi connectivity index (χ2n) is 5.82. The highest BCUT2D eigenvalue weighted by molar-refractivity contribution is 8.06. The van der Waals surface area contributed by atoms with Gasteiger partial charge in [0, 0.05) is 13.8 Å². The van der Waals surface area contributed by atoms with Crippen LogP contribution >= 0.6 is 22.7 Å². The molecule has 0 unspecified atom stereocenters. The summed E-state index contributed by atoms with van der Waals surface area (Å²) in [6, 6.07) is 0. The number of anilines is 2. The van der Waals surface area contributed by atoms with E-state index in [-0.39, 0.29) is 10.3 Å². The number of carbonyl (C=O) groups excluding carboxylic acids is 2. The second kappa shape index (κ2) is 12.2. The number of hydrogen-bond donors (Lipinski definition) is 3. The topological polar surface area (TPSA) is 193 Å². The van der Waals surface area contributed by atoms with E-state index < -0.39 is 40.5 Å². The molecule has 2 heterocycles. The molecule has 0 bridgehead atoms. The van der Waals surface area contributed by atoms with Crippen molar-refractivity contribution in [3.8, 4) is 0 Å². The lowest BCUT2D eigenvalue weighted by atomic mass is 10.5. The fraction of sp³-hybridized carbons (Fsp3) is 0.571. The highest BCUT2D eigenvalue weighted by atomic mass is 32.3. The molecule has 3 N–H and O–H groups in total. The largest absolute Gasteiger partial charge is 0.304 e. The molecular formula is C14H24N8O6S4. The molecule has 0 aliphatic rings. The Morgan fingerprint density at radius 2 is 1.09 bits per heavy atom. The Labute approximate surface area is 193 Å². The van der Waals surface area contributed by atoms with E-state index in [4.69, 9.17) is 0 Å². The maximum atomic E-state index is 12.1. The van der Waals surface area contributed by atoms with Crippen molar-refractivity contribution in [1.82, 2.24) is 29.4 Å². The van der Waals surface area contributed by atoms with Crippen LogP contribution in [0.1, 0.15) is 34.6 Å². The predicted molar refractivity (Wildman–Crippen MR) is 119 cm³/mol. The Morgan fingerprint density at radius 1 is 0.750 bits per heavy atom. The van der Waals surface area contributed by atoms with Gasteiger partial charge in [0.05, 0.1) is 0 Å². The number of rotatable bonds is 9. The lowest BCUT2D eigenvalue weighted by Crippen LogP contribution is -2.30. The lowest BCUT2D eigenvalue weighted by Gasteiger charge is -2.13. The molecule has 0 radical (unpaired) electrons. The number of nitrogens with zero attached hydrogens (tertiary/aromatic N) is 5. The van der Waals surface area contributed by atoms with Crippen LogP contribution in [0, 0.1) is 0 Å². The summed E-state index contributed by atoms with van der Waals surface area (Å²) in [4.78, 5) is 24.2. The number of aromatic nitrogens is 4. The molecule has 18 heteroatoms. The van der Waals surface area contributed by atoms with Crippen LogP contribution in [0.4, 0.5) is 10.3 Å². The van der Waals surface area contributed by atoms with Gasteiger partial charge in [-0.3, -0.25) is 9.59 Å². The van der Waals surface area contributed by atoms with Crippen LogP contribution in [0.3, 0.4) is 0 Å². The van der Waals surface area contributed by atoms with E-state index in [9.17, 15) is 26.4 Å². The molecule has 2 rings (SSSR count). The number of nitrogens with one attached hydrogen (secondary N) is 3. The summed E-state index contributed by atoms with van der Waals surface area (Å²) in [7, 11) is -9.18. The average Bonchev–Trinajstić information content (AvgIpc) is 3.32. The molecule has 0 saturated carbocycles. The molecule has 0 saturated heterocycles. The molecule has 0 spiro atoms. The smallest absolute Gasteiger partial charge is 0.283 e. The monoisotopic (exact) mass is 528 g/mol. The minimum Gasteiger partial charge on any atom is -0.304 e. The van der Waals surface area contributed by atoms with E-state index in [1.54, 1.807) is 0 Å². The fourth-order valence-electron chi connectivity index (χ4n) is 1.93. The number of amides is 2. The molecule has 0 aliphatic heterocycles. The molecule has 0 atom stereocenters. The zero-order valence-corrected chi connectivity index (χ0v) is 21.2. The first-order chi connectivity index (χ1) is 14.8. The zero-order chi connectivity index (χ0) is 24.5. The van der Waals surface area contributed by atoms with E-state index in [0.29, 0.717) is 22.7 Å². The van der Waals surface area contributed by atoms with Crippen molar-refractivity contribution in [3.05, 3.63) is 0 Å². The van der Waals surface area contributed by atoms with E-state index in [1.807, 2.05) is 0 Å². The molecule has 2 amide bonds. The maximum absolute atomic E-state index is 12.1. The third-order valence-corrected chi connectivity index (χ3v) is 9.32. The molecule has 0 aliphatic carbocycles. The molecule has 180 valence electrons. The van der Waals surface area contributed by atoms with Gasteiger partial charge in [0.25, 0.3) is 20.0 Å². The molecule has 0 aromatic carbocycles. The van der Waals surface area contributed by atoms with Crippen LogP contribution in [0.2, 0.25) is 0 Å². The van der Waals surface area contributed by atoms with Crippen molar-refractivity contribution in [2.24, 2.45) is 0 Å². The summed E-state index contributed by atoms with van der Waals surface area (Å²) < 4.78 is 48.5. The zero-order valence-electron chi connectivity index (χ0n) is 17.9. The number of sulfonamides is 2. The van der Waals surface area contributed by atoms with Gasteiger partial charge in [0.2, 0.25) is 30.8 Å². The lowest BCUT2D eigenvalue weighted by molar-refractivity contribution is -0.115. The van der Waals surface area contributed by atoms with Crippen molar-refractivity contribution < 1.29 is 26.4 Å². The Morgan fingerprint density at radius 3 is 1.34 bits per heavy atom. The van der Waals surface area contributed by atoms with Crippen molar-refractivity contribution in [2.75, 3.05) is 30.3 Å². The van der Waals surface area contributed by atoms with Gasteiger partial charge in [-0.2, -0.15) is 0 Å². The Hall–Kier alpha value is -2.12. The fourth-order valence-corrected chi connectivity index (χ4v) is 6.96. The van der Waals surface area contributed by atoms with E-state index in [0.717, 1.165) is 0 Å². The minimum atomic E-state index is -4.59. The SMILES string of the molecule is CC(=O)Nc1nnc(S(=O)(=O)NS(=O)(=O)c2nnc(NC(C)=O)s2)s1.CCN(CC)CC. The first-order valence-corrected chi connectivity index (χ1v) is 13.7. The molecule has 2 aromatic heterocycles. The third kappa shape index (κ3) is 8.79. The Bertz CT molecular complexity index is 1040. The summed E-state index contributed by atoms with van der Waals surface area (Å²) in [5.41, 5.74) is 0. The van der Waals surface area contributed by atoms with Crippen molar-refractivity contribution in [3.63, 3.8) is 0 Å². The average molecular weight is 529 g/mol. The Balaban J connectivity index is 0.000000633.